The summed E-state index contributed by atoms with van der Waals surface area (Å²) in [6.07, 6.45) is -9.79. The number of halogens is 1. The van der Waals surface area contributed by atoms with E-state index in [2.05, 4.69) is 4.74 Å². The smallest absolute Gasteiger partial charge is 0.417 e. The maximum atomic E-state index is 10.8. The van der Waals surface area contributed by atoms with Gasteiger partial charge in [-0.3, -0.25) is 0 Å². The Labute approximate surface area is 192 Å². The number of aliphatic hydroxyl groups excluding tert-OH is 5. The van der Waals surface area contributed by atoms with Gasteiger partial charge >= 0.3 is 6.16 Å². The van der Waals surface area contributed by atoms with Crippen molar-refractivity contribution in [3.63, 3.8) is 0 Å². The third-order valence-electron chi connectivity index (χ3n) is 5.79. The molecule has 6 atom stereocenters. The maximum absolute atomic E-state index is 10.8. The van der Waals surface area contributed by atoms with Gasteiger partial charge in [0.2, 0.25) is 5.79 Å². The van der Waals surface area contributed by atoms with E-state index >= 15 is 0 Å². The molecule has 0 spiro atoms. The van der Waals surface area contributed by atoms with Gasteiger partial charge in [-0.05, 0) is 42.0 Å². The van der Waals surface area contributed by atoms with E-state index < -0.39 is 54.8 Å². The van der Waals surface area contributed by atoms with Crippen LogP contribution in [0.2, 0.25) is 5.02 Å². The Morgan fingerprint density at radius 2 is 1.39 bits per heavy atom. The van der Waals surface area contributed by atoms with Crippen molar-refractivity contribution < 1.29 is 55.8 Å². The van der Waals surface area contributed by atoms with Gasteiger partial charge < -0.3 is 55.8 Å². The summed E-state index contributed by atoms with van der Waals surface area (Å²) in [7, 11) is 0. The van der Waals surface area contributed by atoms with Crippen molar-refractivity contribution in [3.8, 4) is 5.75 Å². The minimum atomic E-state index is -3.43. The summed E-state index contributed by atoms with van der Waals surface area (Å²) in [6, 6.07) is 8.40. The van der Waals surface area contributed by atoms with Crippen molar-refractivity contribution in [2.75, 3.05) is 6.61 Å². The molecule has 12 heteroatoms. The van der Waals surface area contributed by atoms with Gasteiger partial charge in [-0.1, -0.05) is 17.7 Å². The molecule has 1 fully saturated rings. The van der Waals surface area contributed by atoms with Crippen LogP contribution in [0.4, 0.5) is 0 Å². The van der Waals surface area contributed by atoms with Crippen molar-refractivity contribution in [1.29, 1.82) is 0 Å². The van der Waals surface area contributed by atoms with Crippen LogP contribution in [-0.2, 0) is 5.79 Å². The molecular formula is C21H25ClO11. The van der Waals surface area contributed by atoms with Crippen LogP contribution in [0.5, 0.6) is 5.75 Å². The summed E-state index contributed by atoms with van der Waals surface area (Å²) < 4.78 is 4.42. The second kappa shape index (κ2) is 9.41. The molecule has 1 aliphatic rings. The quantitative estimate of drug-likeness (QED) is 0.194. The summed E-state index contributed by atoms with van der Waals surface area (Å²) in [4.78, 5) is 0. The summed E-state index contributed by atoms with van der Waals surface area (Å²) in [5.41, 5.74) is -0.240. The summed E-state index contributed by atoms with van der Waals surface area (Å²) in [5, 5.41) is 98.9. The van der Waals surface area contributed by atoms with E-state index in [1.165, 1.54) is 18.2 Å². The largest absolute Gasteiger partial charge is 0.453 e. The van der Waals surface area contributed by atoms with Crippen molar-refractivity contribution >= 4 is 11.6 Å². The molecule has 0 aromatic heterocycles. The first kappa shape index (κ1) is 25.7. The van der Waals surface area contributed by atoms with E-state index in [-0.39, 0.29) is 27.5 Å². The molecule has 2 aromatic carbocycles. The van der Waals surface area contributed by atoms with E-state index in [9.17, 15) is 35.7 Å². The van der Waals surface area contributed by atoms with Crippen molar-refractivity contribution in [2.24, 2.45) is 5.92 Å². The highest BCUT2D eigenvalue weighted by Gasteiger charge is 2.49. The highest BCUT2D eigenvalue weighted by molar-refractivity contribution is 6.31. The van der Waals surface area contributed by atoms with Crippen LogP contribution in [0, 0.1) is 5.92 Å². The average molecular weight is 489 g/mol. The first-order valence-electron chi connectivity index (χ1n) is 9.82. The van der Waals surface area contributed by atoms with Crippen LogP contribution in [0.3, 0.4) is 0 Å². The molecule has 0 saturated heterocycles. The molecule has 0 bridgehead atoms. The zero-order chi connectivity index (χ0) is 24.7. The van der Waals surface area contributed by atoms with Crippen LogP contribution in [0.15, 0.2) is 42.5 Å². The first-order chi connectivity index (χ1) is 15.3. The van der Waals surface area contributed by atoms with Gasteiger partial charge in [0.25, 0.3) is 0 Å². The second-order valence-electron chi connectivity index (χ2n) is 7.95. The topological polar surface area (TPSA) is 212 Å². The van der Waals surface area contributed by atoms with Gasteiger partial charge in [0.05, 0.1) is 24.9 Å². The zero-order valence-corrected chi connectivity index (χ0v) is 17.7. The molecule has 33 heavy (non-hydrogen) atoms. The molecular weight excluding hydrogens is 464 g/mol. The minimum Gasteiger partial charge on any atom is -0.417 e. The lowest BCUT2D eigenvalue weighted by molar-refractivity contribution is -0.419. The molecule has 0 aliphatic heterocycles. The van der Waals surface area contributed by atoms with Crippen molar-refractivity contribution in [1.82, 2.24) is 0 Å². The number of benzene rings is 2. The highest BCUT2D eigenvalue weighted by Crippen LogP contribution is 2.41. The number of rotatable bonds is 6. The average Bonchev–Trinajstić information content (AvgIpc) is 2.73. The SMILES string of the molecule is OCC1C(O)C(O)C(O)C(c2ccc(Cl)c(C(O)(O)c3ccc(OC(O)(O)O)cc3)c2)C1O. The standard InChI is InChI=1S/C21H25ClO11/c22-14-6-1-9(15-16(24)12(8-23)17(25)19(27)18(15)26)7-13(14)20(28,29)10-2-4-11(5-3-10)33-21(30,31)32/h1-7,12,15-19,23-32H,8H2. The molecule has 11 nitrogen and oxygen atoms in total. The van der Waals surface area contributed by atoms with Crippen LogP contribution in [0.1, 0.15) is 22.6 Å². The van der Waals surface area contributed by atoms with E-state index in [4.69, 9.17) is 26.9 Å². The number of aliphatic hydroxyl groups is 10. The molecule has 6 unspecified atom stereocenters. The molecule has 1 aliphatic carbocycles. The van der Waals surface area contributed by atoms with E-state index in [1.54, 1.807) is 0 Å². The Hall–Kier alpha value is -1.87. The molecule has 3 rings (SSSR count). The lowest BCUT2D eigenvalue weighted by atomic mass is 9.70. The van der Waals surface area contributed by atoms with Gasteiger partial charge in [0.1, 0.15) is 11.9 Å². The fraction of sp³-hybridized carbons (Fsp3) is 0.429. The molecule has 0 amide bonds. The second-order valence-corrected chi connectivity index (χ2v) is 8.35. The minimum absolute atomic E-state index is 0.0942. The van der Waals surface area contributed by atoms with Gasteiger partial charge in [0, 0.05) is 28.0 Å². The van der Waals surface area contributed by atoms with E-state index in [0.717, 1.165) is 24.3 Å². The molecule has 10 N–H and O–H groups in total. The van der Waals surface area contributed by atoms with Gasteiger partial charge in [-0.15, -0.1) is 0 Å². The Morgan fingerprint density at radius 1 is 0.788 bits per heavy atom. The third-order valence-corrected chi connectivity index (χ3v) is 6.12. The lowest BCUT2D eigenvalue weighted by Gasteiger charge is -2.44. The van der Waals surface area contributed by atoms with Crippen LogP contribution in [0.25, 0.3) is 0 Å². The third kappa shape index (κ3) is 5.14. The Morgan fingerprint density at radius 3 is 1.94 bits per heavy atom. The van der Waals surface area contributed by atoms with Crippen molar-refractivity contribution in [2.45, 2.75) is 42.3 Å². The van der Waals surface area contributed by atoms with E-state index in [0.29, 0.717) is 0 Å². The van der Waals surface area contributed by atoms with Crippen molar-refractivity contribution in [3.05, 3.63) is 64.2 Å². The molecule has 182 valence electrons. The Balaban J connectivity index is 1.98. The summed E-state index contributed by atoms with van der Waals surface area (Å²) in [5.74, 6) is -5.28. The van der Waals surface area contributed by atoms with Crippen LogP contribution < -0.4 is 4.74 Å². The zero-order valence-electron chi connectivity index (χ0n) is 17.0. The molecule has 2 aromatic rings. The predicted molar refractivity (Wildman–Crippen MR) is 110 cm³/mol. The normalized spacial score (nSPS) is 28.6. The monoisotopic (exact) mass is 488 g/mol. The highest BCUT2D eigenvalue weighted by atomic mass is 35.5. The number of ether oxygens (including phenoxy) is 1. The predicted octanol–water partition coefficient (Wildman–Crippen LogP) is -2.36. The van der Waals surface area contributed by atoms with Crippen LogP contribution in [-0.4, -0.2) is 88.2 Å². The van der Waals surface area contributed by atoms with Gasteiger partial charge in [-0.2, -0.15) is 0 Å². The Kier molecular flexibility index (Phi) is 7.34. The summed E-state index contributed by atoms with van der Waals surface area (Å²) in [6.45, 7) is -0.668. The fourth-order valence-corrected chi connectivity index (χ4v) is 4.28. The maximum Gasteiger partial charge on any atom is 0.453 e. The molecule has 0 heterocycles. The first-order valence-corrected chi connectivity index (χ1v) is 10.2. The van der Waals surface area contributed by atoms with Gasteiger partial charge in [-0.25, -0.2) is 0 Å². The van der Waals surface area contributed by atoms with Crippen LogP contribution >= 0.6 is 11.6 Å². The number of hydrogen-bond donors (Lipinski definition) is 10. The van der Waals surface area contributed by atoms with Gasteiger partial charge in [0.15, 0.2) is 0 Å². The molecule has 1 saturated carbocycles. The fourth-order valence-electron chi connectivity index (χ4n) is 4.03. The Bertz CT molecular complexity index is 960. The number of hydrogen-bond acceptors (Lipinski definition) is 11. The molecule has 0 radical (unpaired) electrons. The van der Waals surface area contributed by atoms with E-state index in [1.807, 2.05) is 0 Å². The summed E-state index contributed by atoms with van der Waals surface area (Å²) >= 11 is 6.17. The lowest BCUT2D eigenvalue weighted by Crippen LogP contribution is -2.58.